The van der Waals surface area contributed by atoms with Gasteiger partial charge in [-0.1, -0.05) is 24.3 Å². The van der Waals surface area contributed by atoms with Crippen molar-refractivity contribution in [2.45, 2.75) is 12.5 Å². The fraction of sp³-hybridized carbons (Fsp3) is 0.133. The number of rotatable bonds is 3. The molecule has 0 saturated heterocycles. The maximum atomic E-state index is 13.1. The van der Waals surface area contributed by atoms with Crippen molar-refractivity contribution in [1.82, 2.24) is 0 Å². The van der Waals surface area contributed by atoms with E-state index in [1.807, 2.05) is 0 Å². The van der Waals surface area contributed by atoms with E-state index in [0.717, 1.165) is 30.3 Å². The van der Waals surface area contributed by atoms with Crippen LogP contribution in [0.15, 0.2) is 42.5 Å². The molecule has 8 heteroatoms. The predicted molar refractivity (Wildman–Crippen MR) is 69.0 cm³/mol. The number of halogens is 6. The van der Waals surface area contributed by atoms with Crippen molar-refractivity contribution in [2.75, 3.05) is 0 Å². The van der Waals surface area contributed by atoms with Gasteiger partial charge >= 0.3 is 12.5 Å². The Hall–Kier alpha value is -2.51. The van der Waals surface area contributed by atoms with E-state index in [1.54, 1.807) is 0 Å². The minimum atomic E-state index is -4.95. The van der Waals surface area contributed by atoms with E-state index in [1.165, 1.54) is 6.07 Å². The molecule has 0 fully saturated rings. The van der Waals surface area contributed by atoms with Gasteiger partial charge in [-0.25, -0.2) is 0 Å². The molecule has 0 atom stereocenters. The first-order valence-electron chi connectivity index (χ1n) is 6.13. The van der Waals surface area contributed by atoms with Crippen LogP contribution < -0.4 is 4.74 Å². The molecule has 0 aliphatic rings. The normalized spacial score (nSPS) is 12.1. The molecule has 0 aromatic heterocycles. The molecule has 122 valence electrons. The summed E-state index contributed by atoms with van der Waals surface area (Å²) in [6.07, 6.45) is -9.47. The van der Waals surface area contributed by atoms with Crippen molar-refractivity contribution < 1.29 is 35.9 Å². The zero-order valence-electron chi connectivity index (χ0n) is 11.2. The second-order valence-electron chi connectivity index (χ2n) is 4.50. The molecule has 0 unspecified atom stereocenters. The minimum Gasteiger partial charge on any atom is -0.406 e. The molecule has 0 spiro atoms. The maximum Gasteiger partial charge on any atom is 0.573 e. The third-order valence-corrected chi connectivity index (χ3v) is 2.86. The zero-order chi connectivity index (χ0) is 17.3. The van der Waals surface area contributed by atoms with E-state index < -0.39 is 23.9 Å². The van der Waals surface area contributed by atoms with Gasteiger partial charge in [-0.05, 0) is 29.3 Å². The molecule has 2 aromatic rings. The van der Waals surface area contributed by atoms with Gasteiger partial charge in [-0.15, -0.1) is 13.2 Å². The first kappa shape index (κ1) is 16.9. The lowest BCUT2D eigenvalue weighted by Crippen LogP contribution is -2.17. The topological polar surface area (TPSA) is 26.3 Å². The Labute approximate surface area is 126 Å². The van der Waals surface area contributed by atoms with Crippen LogP contribution in [0.3, 0.4) is 0 Å². The van der Waals surface area contributed by atoms with Gasteiger partial charge in [0.05, 0.1) is 5.56 Å². The van der Waals surface area contributed by atoms with Crippen molar-refractivity contribution in [3.8, 4) is 16.9 Å². The highest BCUT2D eigenvalue weighted by Gasteiger charge is 2.34. The molecule has 0 aliphatic carbocycles. The molecule has 0 saturated carbocycles. The van der Waals surface area contributed by atoms with Crippen LogP contribution in [0.4, 0.5) is 26.3 Å². The van der Waals surface area contributed by atoms with Crippen LogP contribution >= 0.6 is 0 Å². The third kappa shape index (κ3) is 4.24. The molecule has 2 aromatic carbocycles. The van der Waals surface area contributed by atoms with Gasteiger partial charge in [-0.3, -0.25) is 4.79 Å². The number of carbonyl (C=O) groups excluding carboxylic acids is 1. The molecule has 0 bridgehead atoms. The third-order valence-electron chi connectivity index (χ3n) is 2.86. The van der Waals surface area contributed by atoms with Crippen LogP contribution in [0.1, 0.15) is 15.9 Å². The average Bonchev–Trinajstić information content (AvgIpc) is 2.44. The van der Waals surface area contributed by atoms with Gasteiger partial charge in [0.25, 0.3) is 0 Å². The maximum absolute atomic E-state index is 13.1. The Balaban J connectivity index is 2.54. The summed E-state index contributed by atoms with van der Waals surface area (Å²) in [7, 11) is 0. The lowest BCUT2D eigenvalue weighted by atomic mass is 9.97. The van der Waals surface area contributed by atoms with Crippen molar-refractivity contribution in [3.63, 3.8) is 0 Å². The van der Waals surface area contributed by atoms with Gasteiger partial charge in [0.1, 0.15) is 12.0 Å². The van der Waals surface area contributed by atoms with E-state index in [2.05, 4.69) is 4.74 Å². The van der Waals surface area contributed by atoms with Gasteiger partial charge in [0, 0.05) is 5.56 Å². The fourth-order valence-corrected chi connectivity index (χ4v) is 1.98. The van der Waals surface area contributed by atoms with Crippen LogP contribution in [-0.2, 0) is 6.18 Å². The summed E-state index contributed by atoms with van der Waals surface area (Å²) in [5.41, 5.74) is -1.78. The molecule has 23 heavy (non-hydrogen) atoms. The van der Waals surface area contributed by atoms with Gasteiger partial charge in [0.15, 0.2) is 0 Å². The van der Waals surface area contributed by atoms with Crippen LogP contribution in [0.5, 0.6) is 5.75 Å². The van der Waals surface area contributed by atoms with E-state index >= 15 is 0 Å². The van der Waals surface area contributed by atoms with Gasteiger partial charge < -0.3 is 4.74 Å². The van der Waals surface area contributed by atoms with E-state index in [4.69, 9.17) is 0 Å². The highest BCUT2D eigenvalue weighted by molar-refractivity contribution is 5.79. The minimum absolute atomic E-state index is 0.114. The molecule has 2 nitrogen and oxygen atoms in total. The predicted octanol–water partition coefficient (Wildman–Crippen LogP) is 5.08. The number of ether oxygens (including phenoxy) is 1. The molecular weight excluding hydrogens is 326 g/mol. The zero-order valence-corrected chi connectivity index (χ0v) is 11.2. The van der Waals surface area contributed by atoms with Crippen LogP contribution in [-0.4, -0.2) is 12.6 Å². The number of aldehydes is 1. The molecule has 2 rings (SSSR count). The van der Waals surface area contributed by atoms with Crippen molar-refractivity contribution in [3.05, 3.63) is 53.6 Å². The number of carbonyl (C=O) groups is 1. The summed E-state index contributed by atoms with van der Waals surface area (Å²) >= 11 is 0. The summed E-state index contributed by atoms with van der Waals surface area (Å²) in [4.78, 5) is 10.6. The van der Waals surface area contributed by atoms with Crippen LogP contribution in [0.2, 0.25) is 0 Å². The summed E-state index contributed by atoms with van der Waals surface area (Å²) in [6, 6.07) is 7.00. The average molecular weight is 334 g/mol. The number of hydrogen-bond acceptors (Lipinski definition) is 2. The second-order valence-corrected chi connectivity index (χ2v) is 4.50. The first-order chi connectivity index (χ1) is 10.6. The highest BCUT2D eigenvalue weighted by Crippen LogP contribution is 2.38. The Morgan fingerprint density at radius 3 is 2.17 bits per heavy atom. The quantitative estimate of drug-likeness (QED) is 0.578. The molecule has 0 N–H and O–H groups in total. The summed E-state index contributed by atoms with van der Waals surface area (Å²) in [6.45, 7) is 0. The van der Waals surface area contributed by atoms with Gasteiger partial charge in [0.2, 0.25) is 0 Å². The largest absolute Gasteiger partial charge is 0.573 e. The molecule has 0 heterocycles. The van der Waals surface area contributed by atoms with E-state index in [-0.39, 0.29) is 23.0 Å². The smallest absolute Gasteiger partial charge is 0.406 e. The molecular formula is C15H8F6O2. The summed E-state index contributed by atoms with van der Waals surface area (Å²) in [5, 5.41) is 0. The fourth-order valence-electron chi connectivity index (χ4n) is 1.98. The highest BCUT2D eigenvalue weighted by atomic mass is 19.4. The Morgan fingerprint density at radius 2 is 1.61 bits per heavy atom. The van der Waals surface area contributed by atoms with Crippen LogP contribution in [0.25, 0.3) is 11.1 Å². The van der Waals surface area contributed by atoms with E-state index in [0.29, 0.717) is 6.07 Å². The molecule has 0 amide bonds. The molecule has 0 aliphatic heterocycles. The number of benzene rings is 2. The van der Waals surface area contributed by atoms with Crippen molar-refractivity contribution in [2.24, 2.45) is 0 Å². The van der Waals surface area contributed by atoms with Crippen molar-refractivity contribution >= 4 is 6.29 Å². The Bertz CT molecular complexity index is 719. The number of alkyl halides is 6. The standard InChI is InChI=1S/C15H8F6O2/c16-14(17,18)13-6-9(8-22)4-5-12(13)10-2-1-3-11(7-10)23-15(19,20)21/h1-8H. The lowest BCUT2D eigenvalue weighted by molar-refractivity contribution is -0.274. The SMILES string of the molecule is O=Cc1ccc(-c2cccc(OC(F)(F)F)c2)c(C(F)(F)F)c1. The Kier molecular flexibility index (Phi) is 4.35. The summed E-state index contributed by atoms with van der Waals surface area (Å²) in [5.74, 6) is -0.636. The number of hydrogen-bond donors (Lipinski definition) is 0. The monoisotopic (exact) mass is 334 g/mol. The van der Waals surface area contributed by atoms with Crippen LogP contribution in [0, 0.1) is 0 Å². The van der Waals surface area contributed by atoms with Crippen molar-refractivity contribution in [1.29, 1.82) is 0 Å². The van der Waals surface area contributed by atoms with E-state index in [9.17, 15) is 31.1 Å². The first-order valence-corrected chi connectivity index (χ1v) is 6.13. The summed E-state index contributed by atoms with van der Waals surface area (Å²) < 4.78 is 79.6. The Morgan fingerprint density at radius 1 is 0.913 bits per heavy atom. The lowest BCUT2D eigenvalue weighted by Gasteiger charge is -2.15. The van der Waals surface area contributed by atoms with Gasteiger partial charge in [-0.2, -0.15) is 13.2 Å². The molecule has 0 radical (unpaired) electrons. The second kappa shape index (κ2) is 5.94.